The number of amides is 1. The Bertz CT molecular complexity index is 1700. The molecule has 1 fully saturated rings. The Labute approximate surface area is 245 Å². The highest BCUT2D eigenvalue weighted by Crippen LogP contribution is 2.45. The fraction of sp³-hybridized carbons (Fsp3) is 0.333. The summed E-state index contributed by atoms with van der Waals surface area (Å²) in [6, 6.07) is 7.12. The lowest BCUT2D eigenvalue weighted by molar-refractivity contribution is -0.140. The molecule has 222 valence electrons. The largest absolute Gasteiger partial charge is 0.480 e. The van der Waals surface area contributed by atoms with Crippen molar-refractivity contribution in [2.75, 3.05) is 19.0 Å². The number of hydrogen-bond acceptors (Lipinski definition) is 8. The molecule has 1 amide bonds. The number of carbonyl (C=O) groups is 1. The maximum Gasteiger partial charge on any atom is 0.434 e. The number of nitrogens with zero attached hydrogens (tertiary/aromatic N) is 7. The van der Waals surface area contributed by atoms with Gasteiger partial charge in [-0.25, -0.2) is 24.9 Å². The van der Waals surface area contributed by atoms with Crippen LogP contribution in [-0.2, 0) is 37.5 Å². The summed E-state index contributed by atoms with van der Waals surface area (Å²) in [7, 11) is 3.09. The molecule has 1 aliphatic carbocycles. The van der Waals surface area contributed by atoms with Crippen LogP contribution in [0.3, 0.4) is 0 Å². The third kappa shape index (κ3) is 5.66. The number of benzene rings is 1. The number of methoxy groups -OCH3 is 1. The van der Waals surface area contributed by atoms with E-state index in [1.165, 1.54) is 24.0 Å². The first-order chi connectivity index (χ1) is 20.7. The van der Waals surface area contributed by atoms with Crippen molar-refractivity contribution >= 4 is 11.7 Å². The molecule has 0 spiro atoms. The van der Waals surface area contributed by atoms with Crippen molar-refractivity contribution in [2.45, 2.75) is 44.4 Å². The first-order valence-electron chi connectivity index (χ1n) is 13.8. The first-order valence-corrected chi connectivity index (χ1v) is 13.8. The number of halogens is 3. The second-order valence-electron chi connectivity index (χ2n) is 10.6. The quantitative estimate of drug-likeness (QED) is 0.288. The van der Waals surface area contributed by atoms with Crippen LogP contribution in [0.15, 0.2) is 49.4 Å². The number of anilines is 1. The zero-order valence-electron chi connectivity index (χ0n) is 23.6. The van der Waals surface area contributed by atoms with Gasteiger partial charge < -0.3 is 19.5 Å². The summed E-state index contributed by atoms with van der Waals surface area (Å²) >= 11 is 0. The highest BCUT2D eigenvalue weighted by Gasteiger charge is 2.35. The van der Waals surface area contributed by atoms with Gasteiger partial charge in [-0.3, -0.25) is 4.79 Å². The van der Waals surface area contributed by atoms with Gasteiger partial charge in [0.1, 0.15) is 23.5 Å². The van der Waals surface area contributed by atoms with Crippen molar-refractivity contribution in [1.29, 1.82) is 0 Å². The molecule has 1 saturated carbocycles. The SMILES string of the molecule is C=CC(=O)N1CCc2nc(-c3c(OC)ncnc3C3CC3)nc(NCc3ccc(-c4nc(C(F)(F)F)cn4C)cc3)c2C1. The molecule has 1 aromatic carbocycles. The average molecular weight is 591 g/mol. The predicted molar refractivity (Wildman–Crippen MR) is 152 cm³/mol. The Morgan fingerprint density at radius 3 is 2.58 bits per heavy atom. The fourth-order valence-electron chi connectivity index (χ4n) is 5.23. The monoisotopic (exact) mass is 590 g/mol. The van der Waals surface area contributed by atoms with E-state index >= 15 is 0 Å². The van der Waals surface area contributed by atoms with Gasteiger partial charge in [-0.15, -0.1) is 0 Å². The van der Waals surface area contributed by atoms with E-state index in [0.717, 1.165) is 41.6 Å². The van der Waals surface area contributed by atoms with Gasteiger partial charge in [0.05, 0.1) is 25.0 Å². The number of alkyl halides is 3. The van der Waals surface area contributed by atoms with Crippen LogP contribution in [0.2, 0.25) is 0 Å². The molecular weight excluding hydrogens is 561 g/mol. The van der Waals surface area contributed by atoms with Gasteiger partial charge in [-0.05, 0) is 24.5 Å². The van der Waals surface area contributed by atoms with Crippen LogP contribution in [0.4, 0.5) is 19.0 Å². The van der Waals surface area contributed by atoms with Crippen LogP contribution < -0.4 is 10.1 Å². The van der Waals surface area contributed by atoms with Crippen LogP contribution in [0.5, 0.6) is 5.88 Å². The molecule has 1 N–H and O–H groups in total. The van der Waals surface area contributed by atoms with E-state index in [9.17, 15) is 18.0 Å². The van der Waals surface area contributed by atoms with Crippen molar-refractivity contribution in [3.8, 4) is 28.7 Å². The van der Waals surface area contributed by atoms with Gasteiger partial charge in [0.15, 0.2) is 11.5 Å². The van der Waals surface area contributed by atoms with Gasteiger partial charge in [0, 0.05) is 49.8 Å². The Hall–Kier alpha value is -4.81. The van der Waals surface area contributed by atoms with Gasteiger partial charge in [0.2, 0.25) is 11.8 Å². The molecular formula is C30H29F3N8O2. The first kappa shape index (κ1) is 28.3. The highest BCUT2D eigenvalue weighted by molar-refractivity contribution is 5.87. The van der Waals surface area contributed by atoms with E-state index < -0.39 is 11.9 Å². The lowest BCUT2D eigenvalue weighted by Crippen LogP contribution is -2.36. The summed E-state index contributed by atoms with van der Waals surface area (Å²) in [5.74, 6) is 1.77. The highest BCUT2D eigenvalue weighted by atomic mass is 19.4. The van der Waals surface area contributed by atoms with Gasteiger partial charge in [-0.2, -0.15) is 13.2 Å². The molecule has 4 aromatic rings. The Morgan fingerprint density at radius 1 is 1.16 bits per heavy atom. The average Bonchev–Trinajstić information content (AvgIpc) is 3.78. The number of imidazole rings is 1. The Balaban J connectivity index is 1.32. The minimum Gasteiger partial charge on any atom is -0.480 e. The molecule has 13 heteroatoms. The molecule has 6 rings (SSSR count). The van der Waals surface area contributed by atoms with Gasteiger partial charge in [-0.1, -0.05) is 30.8 Å². The van der Waals surface area contributed by atoms with Crippen LogP contribution in [-0.4, -0.2) is 53.9 Å². The number of ether oxygens (including phenoxy) is 1. The van der Waals surface area contributed by atoms with E-state index in [-0.39, 0.29) is 11.7 Å². The minimum atomic E-state index is -4.52. The van der Waals surface area contributed by atoms with E-state index in [2.05, 4.69) is 26.8 Å². The number of hydrogen-bond donors (Lipinski definition) is 1. The van der Waals surface area contributed by atoms with E-state index in [0.29, 0.717) is 60.6 Å². The number of aromatic nitrogens is 6. The van der Waals surface area contributed by atoms with Crippen LogP contribution in [0, 0.1) is 0 Å². The second-order valence-corrected chi connectivity index (χ2v) is 10.6. The van der Waals surface area contributed by atoms with E-state index in [1.54, 1.807) is 24.1 Å². The van der Waals surface area contributed by atoms with E-state index in [4.69, 9.17) is 14.7 Å². The van der Waals surface area contributed by atoms with Crippen molar-refractivity contribution < 1.29 is 22.7 Å². The molecule has 4 heterocycles. The topological polar surface area (TPSA) is 111 Å². The molecule has 0 saturated heterocycles. The van der Waals surface area contributed by atoms with Crippen molar-refractivity contribution in [1.82, 2.24) is 34.4 Å². The smallest absolute Gasteiger partial charge is 0.434 e. The molecule has 3 aromatic heterocycles. The number of aryl methyl sites for hydroxylation is 1. The minimum absolute atomic E-state index is 0.173. The second kappa shape index (κ2) is 11.1. The number of rotatable bonds is 8. The summed E-state index contributed by atoms with van der Waals surface area (Å²) < 4.78 is 46.4. The third-order valence-corrected chi connectivity index (χ3v) is 7.61. The molecule has 43 heavy (non-hydrogen) atoms. The van der Waals surface area contributed by atoms with Crippen LogP contribution in [0.1, 0.15) is 47.0 Å². The number of fused-ring (bicyclic) bond motifs is 1. The van der Waals surface area contributed by atoms with Crippen molar-refractivity contribution in [3.63, 3.8) is 0 Å². The lowest BCUT2D eigenvalue weighted by Gasteiger charge is -2.29. The zero-order valence-corrected chi connectivity index (χ0v) is 23.6. The van der Waals surface area contributed by atoms with Gasteiger partial charge >= 0.3 is 6.18 Å². The van der Waals surface area contributed by atoms with Gasteiger partial charge in [0.25, 0.3) is 0 Å². The summed E-state index contributed by atoms with van der Waals surface area (Å²) in [6.07, 6.45) is 1.82. The molecule has 2 aliphatic rings. The third-order valence-electron chi connectivity index (χ3n) is 7.61. The predicted octanol–water partition coefficient (Wildman–Crippen LogP) is 4.92. The molecule has 0 radical (unpaired) electrons. The lowest BCUT2D eigenvalue weighted by atomic mass is 10.0. The molecule has 0 bridgehead atoms. The molecule has 10 nitrogen and oxygen atoms in total. The van der Waals surface area contributed by atoms with Crippen LogP contribution >= 0.6 is 0 Å². The maximum absolute atomic E-state index is 13.1. The summed E-state index contributed by atoms with van der Waals surface area (Å²) in [5, 5.41) is 3.41. The summed E-state index contributed by atoms with van der Waals surface area (Å²) in [5.41, 5.74) is 3.64. The summed E-state index contributed by atoms with van der Waals surface area (Å²) in [4.78, 5) is 36.6. The maximum atomic E-state index is 13.1. The van der Waals surface area contributed by atoms with Crippen molar-refractivity contribution in [2.24, 2.45) is 7.05 Å². The normalized spacial score (nSPS) is 14.8. The van der Waals surface area contributed by atoms with Crippen molar-refractivity contribution in [3.05, 3.63) is 77.7 Å². The summed E-state index contributed by atoms with van der Waals surface area (Å²) in [6.45, 7) is 4.80. The van der Waals surface area contributed by atoms with E-state index in [1.807, 2.05) is 12.1 Å². The molecule has 0 unspecified atom stereocenters. The zero-order chi connectivity index (χ0) is 30.3. The molecule has 1 aliphatic heterocycles. The standard InChI is InChI=1S/C30H29F3N8O2/c1-4-23(42)41-12-11-21-20(14-41)26(39-27(37-21)24-25(18-9-10-18)35-16-36-29(24)43-3)34-13-17-5-7-19(8-6-17)28-38-22(15-40(28)2)30(31,32)33/h4-8,15-16,18H,1,9-14H2,2-3H3,(H,34,37,39). The Kier molecular flexibility index (Phi) is 7.32. The number of nitrogens with one attached hydrogen (secondary N) is 1. The Morgan fingerprint density at radius 2 is 1.93 bits per heavy atom. The number of carbonyl (C=O) groups excluding carboxylic acids is 1. The molecule has 0 atom stereocenters. The fourth-order valence-corrected chi connectivity index (χ4v) is 5.23. The van der Waals surface area contributed by atoms with Crippen LogP contribution in [0.25, 0.3) is 22.8 Å².